The Kier molecular flexibility index (Phi) is 4.40. The van der Waals surface area contributed by atoms with Crippen molar-refractivity contribution < 1.29 is 4.74 Å². The molecule has 1 unspecified atom stereocenters. The summed E-state index contributed by atoms with van der Waals surface area (Å²) in [7, 11) is 1.71. The molecule has 1 heteroatoms. The van der Waals surface area contributed by atoms with Gasteiger partial charge in [-0.05, 0) is 54.9 Å². The normalized spacial score (nSPS) is 18.7. The Hall–Kier alpha value is -2.02. The van der Waals surface area contributed by atoms with Gasteiger partial charge in [0.25, 0.3) is 0 Å². The smallest absolute Gasteiger partial charge is 0.118 e. The summed E-state index contributed by atoms with van der Waals surface area (Å²) in [5.41, 5.74) is 4.37. The lowest BCUT2D eigenvalue weighted by molar-refractivity contribution is 0.414. The summed E-state index contributed by atoms with van der Waals surface area (Å²) < 4.78 is 5.19. The fourth-order valence-corrected chi connectivity index (χ4v) is 2.80. The molecule has 1 nitrogen and oxygen atoms in total. The molecule has 1 saturated carbocycles. The third-order valence-electron chi connectivity index (χ3n) is 4.18. The lowest BCUT2D eigenvalue weighted by atomic mass is 10.1. The molecule has 1 atom stereocenters. The molecule has 0 heterocycles. The van der Waals surface area contributed by atoms with Crippen LogP contribution in [0.1, 0.15) is 30.4 Å². The molecule has 0 spiro atoms. The number of methoxy groups -OCH3 is 1. The van der Waals surface area contributed by atoms with Crippen molar-refractivity contribution in [1.82, 2.24) is 0 Å². The highest BCUT2D eigenvalue weighted by atomic mass is 16.5. The standard InChI is InChI=1S/C20H22O/c1-21-20-12-10-16(11-13-20)8-5-9-18-15-19(18)14-17-6-3-2-4-7-17/h2-4,6-7,10-14,18H,5,8-9,15H2,1H3/b19-14-. The Bertz CT molecular complexity index is 595. The third kappa shape index (κ3) is 3.98. The predicted octanol–water partition coefficient (Wildman–Crippen LogP) is 5.12. The van der Waals surface area contributed by atoms with Gasteiger partial charge in [-0.2, -0.15) is 0 Å². The van der Waals surface area contributed by atoms with Crippen LogP contribution in [0.5, 0.6) is 5.75 Å². The zero-order valence-electron chi connectivity index (χ0n) is 12.6. The largest absolute Gasteiger partial charge is 0.497 e. The SMILES string of the molecule is COc1ccc(CCCC2C/C2=C/c2ccccc2)cc1. The first-order valence-electron chi connectivity index (χ1n) is 7.73. The maximum absolute atomic E-state index is 5.19. The van der Waals surface area contributed by atoms with E-state index in [1.54, 1.807) is 12.7 Å². The number of ether oxygens (including phenoxy) is 1. The topological polar surface area (TPSA) is 9.23 Å². The van der Waals surface area contributed by atoms with E-state index in [4.69, 9.17) is 4.74 Å². The van der Waals surface area contributed by atoms with Gasteiger partial charge in [0.2, 0.25) is 0 Å². The van der Waals surface area contributed by atoms with E-state index in [1.165, 1.54) is 36.8 Å². The summed E-state index contributed by atoms with van der Waals surface area (Å²) in [6, 6.07) is 19.1. The number of rotatable bonds is 6. The van der Waals surface area contributed by atoms with Crippen molar-refractivity contribution in [3.63, 3.8) is 0 Å². The molecule has 0 saturated heterocycles. The summed E-state index contributed by atoms with van der Waals surface area (Å²) in [4.78, 5) is 0. The molecule has 1 aliphatic carbocycles. The van der Waals surface area contributed by atoms with Crippen molar-refractivity contribution >= 4 is 6.08 Å². The number of hydrogen-bond acceptors (Lipinski definition) is 1. The Balaban J connectivity index is 1.44. The highest BCUT2D eigenvalue weighted by molar-refractivity contribution is 5.57. The fourth-order valence-electron chi connectivity index (χ4n) is 2.80. The number of aryl methyl sites for hydroxylation is 1. The minimum Gasteiger partial charge on any atom is -0.497 e. The first kappa shape index (κ1) is 13.9. The molecule has 0 N–H and O–H groups in total. The Morgan fingerprint density at radius 2 is 1.81 bits per heavy atom. The molecule has 1 aliphatic rings. The molecule has 0 aliphatic heterocycles. The van der Waals surface area contributed by atoms with Crippen LogP contribution < -0.4 is 4.74 Å². The second-order valence-electron chi connectivity index (χ2n) is 5.77. The van der Waals surface area contributed by atoms with Crippen LogP contribution in [-0.2, 0) is 6.42 Å². The first-order valence-corrected chi connectivity index (χ1v) is 7.73. The highest BCUT2D eigenvalue weighted by Gasteiger charge is 2.28. The number of benzene rings is 2. The molecule has 0 bridgehead atoms. The third-order valence-corrected chi connectivity index (χ3v) is 4.18. The molecule has 0 aromatic heterocycles. The van der Waals surface area contributed by atoms with Crippen LogP contribution in [-0.4, -0.2) is 7.11 Å². The van der Waals surface area contributed by atoms with E-state index in [-0.39, 0.29) is 0 Å². The fraction of sp³-hybridized carbons (Fsp3) is 0.300. The van der Waals surface area contributed by atoms with Crippen molar-refractivity contribution in [3.05, 3.63) is 71.3 Å². The van der Waals surface area contributed by atoms with E-state index in [0.717, 1.165) is 11.7 Å². The Labute approximate surface area is 127 Å². The van der Waals surface area contributed by atoms with Crippen LogP contribution in [0.15, 0.2) is 60.2 Å². The maximum Gasteiger partial charge on any atom is 0.118 e. The minimum absolute atomic E-state index is 0.823. The van der Waals surface area contributed by atoms with Gasteiger partial charge in [-0.3, -0.25) is 0 Å². The lowest BCUT2D eigenvalue weighted by Gasteiger charge is -2.03. The van der Waals surface area contributed by atoms with E-state index in [2.05, 4.69) is 48.5 Å². The van der Waals surface area contributed by atoms with Crippen LogP contribution in [0.4, 0.5) is 0 Å². The zero-order valence-corrected chi connectivity index (χ0v) is 12.6. The van der Waals surface area contributed by atoms with Crippen LogP contribution in [0.2, 0.25) is 0 Å². The summed E-state index contributed by atoms with van der Waals surface area (Å²) in [5, 5.41) is 0. The van der Waals surface area contributed by atoms with Gasteiger partial charge in [0.15, 0.2) is 0 Å². The average molecular weight is 278 g/mol. The van der Waals surface area contributed by atoms with Gasteiger partial charge in [0, 0.05) is 0 Å². The van der Waals surface area contributed by atoms with E-state index in [0.29, 0.717) is 0 Å². The quantitative estimate of drug-likeness (QED) is 0.712. The van der Waals surface area contributed by atoms with E-state index in [9.17, 15) is 0 Å². The van der Waals surface area contributed by atoms with Crippen molar-refractivity contribution in [3.8, 4) is 5.75 Å². The van der Waals surface area contributed by atoms with Crippen molar-refractivity contribution in [2.24, 2.45) is 5.92 Å². The van der Waals surface area contributed by atoms with Crippen LogP contribution in [0.25, 0.3) is 6.08 Å². The summed E-state index contributed by atoms with van der Waals surface area (Å²) >= 11 is 0. The number of hydrogen-bond donors (Lipinski definition) is 0. The van der Waals surface area contributed by atoms with Gasteiger partial charge in [-0.25, -0.2) is 0 Å². The minimum atomic E-state index is 0.823. The predicted molar refractivity (Wildman–Crippen MR) is 88.5 cm³/mol. The van der Waals surface area contributed by atoms with E-state index in [1.807, 2.05) is 12.1 Å². The van der Waals surface area contributed by atoms with Gasteiger partial charge < -0.3 is 4.74 Å². The molecular weight excluding hydrogens is 256 g/mol. The van der Waals surface area contributed by atoms with Crippen molar-refractivity contribution in [1.29, 1.82) is 0 Å². The molecule has 2 aromatic carbocycles. The second kappa shape index (κ2) is 6.62. The van der Waals surface area contributed by atoms with Gasteiger partial charge in [-0.1, -0.05) is 54.1 Å². The Morgan fingerprint density at radius 1 is 1.05 bits per heavy atom. The molecular formula is C20H22O. The van der Waals surface area contributed by atoms with Crippen LogP contribution in [0, 0.1) is 5.92 Å². The van der Waals surface area contributed by atoms with Gasteiger partial charge in [0.05, 0.1) is 7.11 Å². The van der Waals surface area contributed by atoms with Crippen LogP contribution >= 0.6 is 0 Å². The highest BCUT2D eigenvalue weighted by Crippen LogP contribution is 2.42. The monoisotopic (exact) mass is 278 g/mol. The lowest BCUT2D eigenvalue weighted by Crippen LogP contribution is -1.88. The average Bonchev–Trinajstić information content (AvgIpc) is 3.27. The molecule has 0 amide bonds. The van der Waals surface area contributed by atoms with Gasteiger partial charge in [-0.15, -0.1) is 0 Å². The molecule has 21 heavy (non-hydrogen) atoms. The van der Waals surface area contributed by atoms with E-state index >= 15 is 0 Å². The van der Waals surface area contributed by atoms with Crippen molar-refractivity contribution in [2.75, 3.05) is 7.11 Å². The molecule has 2 aromatic rings. The number of allylic oxidation sites excluding steroid dienone is 1. The summed E-state index contributed by atoms with van der Waals surface area (Å²) in [5.74, 6) is 1.76. The Morgan fingerprint density at radius 3 is 2.52 bits per heavy atom. The molecule has 0 radical (unpaired) electrons. The molecule has 108 valence electrons. The zero-order chi connectivity index (χ0) is 14.5. The maximum atomic E-state index is 5.19. The van der Waals surface area contributed by atoms with E-state index < -0.39 is 0 Å². The van der Waals surface area contributed by atoms with Gasteiger partial charge >= 0.3 is 0 Å². The molecule has 1 fully saturated rings. The summed E-state index contributed by atoms with van der Waals surface area (Å²) in [6.45, 7) is 0. The second-order valence-corrected chi connectivity index (χ2v) is 5.77. The molecule has 3 rings (SSSR count). The summed E-state index contributed by atoms with van der Waals surface area (Å²) in [6.07, 6.45) is 7.39. The van der Waals surface area contributed by atoms with Crippen LogP contribution in [0.3, 0.4) is 0 Å². The van der Waals surface area contributed by atoms with Crippen molar-refractivity contribution in [2.45, 2.75) is 25.7 Å². The first-order chi connectivity index (χ1) is 10.3. The van der Waals surface area contributed by atoms with Gasteiger partial charge in [0.1, 0.15) is 5.75 Å².